The van der Waals surface area contributed by atoms with Crippen molar-refractivity contribution in [3.63, 3.8) is 0 Å². The Morgan fingerprint density at radius 1 is 1.11 bits per heavy atom. The Morgan fingerprint density at radius 3 is 2.66 bits per heavy atom. The van der Waals surface area contributed by atoms with Crippen LogP contribution in [-0.2, 0) is 27.9 Å². The van der Waals surface area contributed by atoms with Gasteiger partial charge in [0, 0.05) is 25.7 Å². The van der Waals surface area contributed by atoms with E-state index in [1.54, 1.807) is 19.3 Å². The molecule has 1 amide bonds. The van der Waals surface area contributed by atoms with E-state index in [9.17, 15) is 26.4 Å². The molecule has 0 saturated carbocycles. The van der Waals surface area contributed by atoms with Crippen LogP contribution in [-0.4, -0.2) is 51.5 Å². The molecule has 1 aliphatic heterocycles. The largest absolute Gasteiger partial charge is 0.534 e. The lowest BCUT2D eigenvalue weighted by Crippen LogP contribution is -2.32. The first kappa shape index (κ1) is 26.6. The molecule has 1 heterocycles. The van der Waals surface area contributed by atoms with Crippen LogP contribution in [0, 0.1) is 0 Å². The van der Waals surface area contributed by atoms with E-state index < -0.39 is 15.6 Å². The number of nitrogens with one attached hydrogen (secondary N) is 1. The summed E-state index contributed by atoms with van der Waals surface area (Å²) in [6, 6.07) is 11.5. The quantitative estimate of drug-likeness (QED) is 0.225. The van der Waals surface area contributed by atoms with Crippen molar-refractivity contribution < 1.29 is 35.3 Å². The van der Waals surface area contributed by atoms with Crippen LogP contribution in [0.5, 0.6) is 11.5 Å². The Labute approximate surface area is 202 Å². The summed E-state index contributed by atoms with van der Waals surface area (Å²) in [5.41, 5.74) is -2.93. The molecule has 0 radical (unpaired) electrons. The van der Waals surface area contributed by atoms with E-state index in [-0.39, 0.29) is 11.7 Å². The predicted molar refractivity (Wildman–Crippen MR) is 125 cm³/mol. The van der Waals surface area contributed by atoms with E-state index in [1.807, 2.05) is 24.3 Å². The number of hydrogen-bond acceptors (Lipinski definition) is 6. The number of halogens is 3. The van der Waals surface area contributed by atoms with E-state index in [4.69, 9.17) is 4.74 Å². The molecular weight excluding hydrogens is 485 g/mol. The summed E-state index contributed by atoms with van der Waals surface area (Å²) >= 11 is 0. The fourth-order valence-corrected chi connectivity index (χ4v) is 4.11. The minimum Gasteiger partial charge on any atom is -0.497 e. The average Bonchev–Trinajstić information content (AvgIpc) is 2.81. The minimum atomic E-state index is -5.70. The maximum Gasteiger partial charge on any atom is 0.534 e. The predicted octanol–water partition coefficient (Wildman–Crippen LogP) is 3.89. The molecule has 7 nitrogen and oxygen atoms in total. The third-order valence-electron chi connectivity index (χ3n) is 5.48. The summed E-state index contributed by atoms with van der Waals surface area (Å²) in [5, 5.41) is 2.84. The number of fused-ring (bicyclic) bond motifs is 1. The second-order valence-corrected chi connectivity index (χ2v) is 9.59. The van der Waals surface area contributed by atoms with Crippen LogP contribution in [0.3, 0.4) is 0 Å². The molecule has 1 aliphatic rings. The number of hydrogen-bond donors (Lipinski definition) is 1. The van der Waals surface area contributed by atoms with Crippen LogP contribution < -0.4 is 14.2 Å². The van der Waals surface area contributed by atoms with Crippen LogP contribution in [0.15, 0.2) is 48.5 Å². The molecule has 3 rings (SSSR count). The Balaban J connectivity index is 1.41. The third-order valence-corrected chi connectivity index (χ3v) is 6.46. The van der Waals surface area contributed by atoms with Crippen molar-refractivity contribution in [3.8, 4) is 11.5 Å². The third kappa shape index (κ3) is 7.72. The first-order valence-corrected chi connectivity index (χ1v) is 12.4. The summed E-state index contributed by atoms with van der Waals surface area (Å²) < 4.78 is 69.6. The van der Waals surface area contributed by atoms with E-state index in [0.717, 1.165) is 42.6 Å². The van der Waals surface area contributed by atoms with E-state index in [2.05, 4.69) is 14.4 Å². The molecule has 190 valence electrons. The van der Waals surface area contributed by atoms with Gasteiger partial charge in [-0.3, -0.25) is 9.69 Å². The molecule has 35 heavy (non-hydrogen) atoms. The summed E-state index contributed by atoms with van der Waals surface area (Å²) in [7, 11) is -4.12. The highest BCUT2D eigenvalue weighted by atomic mass is 32.2. The number of nitrogens with zero attached hydrogens (tertiary/aromatic N) is 1. The molecule has 0 aliphatic carbocycles. The standard InChI is InChI=1S/C24H27F3N2O5S/c1-33-21-6-4-5-18(15-21)7-10-23(30)28-12-2-3-13-29-14-11-19-8-9-22(16-20(19)17-29)34-35(31,32)24(25,26)27/h4-10,15-16H,2-3,11-14,17H2,1H3,(H,28,30)/b10-7+. The zero-order chi connectivity index (χ0) is 25.5. The molecular formula is C24H27F3N2O5S. The molecule has 11 heteroatoms. The molecule has 0 bridgehead atoms. The Kier molecular flexibility index (Phi) is 8.79. The number of alkyl halides is 3. The van der Waals surface area contributed by atoms with Gasteiger partial charge in [0.1, 0.15) is 11.5 Å². The number of methoxy groups -OCH3 is 1. The molecule has 0 saturated heterocycles. The van der Waals surface area contributed by atoms with Gasteiger partial charge in [-0.15, -0.1) is 0 Å². The second kappa shape index (κ2) is 11.6. The zero-order valence-corrected chi connectivity index (χ0v) is 20.0. The first-order valence-electron chi connectivity index (χ1n) is 11.0. The summed E-state index contributed by atoms with van der Waals surface area (Å²) in [5.74, 6) is 0.164. The van der Waals surface area contributed by atoms with Crippen molar-refractivity contribution in [2.45, 2.75) is 31.3 Å². The lowest BCUT2D eigenvalue weighted by molar-refractivity contribution is -0.116. The zero-order valence-electron chi connectivity index (χ0n) is 19.2. The summed E-state index contributed by atoms with van der Waals surface area (Å²) in [4.78, 5) is 14.1. The van der Waals surface area contributed by atoms with Crippen LogP contribution >= 0.6 is 0 Å². The van der Waals surface area contributed by atoms with E-state index >= 15 is 0 Å². The maximum atomic E-state index is 12.6. The van der Waals surface area contributed by atoms with Crippen molar-refractivity contribution in [2.24, 2.45) is 0 Å². The highest BCUT2D eigenvalue weighted by Crippen LogP contribution is 2.29. The number of unbranched alkanes of at least 4 members (excludes halogenated alkanes) is 1. The molecule has 0 spiro atoms. The van der Waals surface area contributed by atoms with Crippen molar-refractivity contribution in [1.82, 2.24) is 10.2 Å². The topological polar surface area (TPSA) is 84.9 Å². The van der Waals surface area contributed by atoms with Crippen LogP contribution in [0.4, 0.5) is 13.2 Å². The highest BCUT2D eigenvalue weighted by molar-refractivity contribution is 7.88. The Hall–Kier alpha value is -3.05. The van der Waals surface area contributed by atoms with Gasteiger partial charge >= 0.3 is 15.6 Å². The maximum absolute atomic E-state index is 12.6. The normalized spacial score (nSPS) is 14.5. The van der Waals surface area contributed by atoms with Gasteiger partial charge in [-0.2, -0.15) is 21.6 Å². The van der Waals surface area contributed by atoms with Gasteiger partial charge in [0.2, 0.25) is 5.91 Å². The number of ether oxygens (including phenoxy) is 1. The lowest BCUT2D eigenvalue weighted by Gasteiger charge is -2.29. The highest BCUT2D eigenvalue weighted by Gasteiger charge is 2.48. The number of carbonyl (C=O) groups excluding carboxylic acids is 1. The lowest BCUT2D eigenvalue weighted by atomic mass is 9.99. The second-order valence-electron chi connectivity index (χ2n) is 8.05. The average molecular weight is 513 g/mol. The SMILES string of the molecule is COc1cccc(/C=C/C(=O)NCCCCN2CCc3ccc(OS(=O)(=O)C(F)(F)F)cc3C2)c1. The van der Waals surface area contributed by atoms with Crippen LogP contribution in [0.2, 0.25) is 0 Å². The van der Waals surface area contributed by atoms with Gasteiger partial charge in [0.15, 0.2) is 0 Å². The van der Waals surface area contributed by atoms with Crippen molar-refractivity contribution >= 4 is 22.1 Å². The van der Waals surface area contributed by atoms with Gasteiger partial charge < -0.3 is 14.2 Å². The van der Waals surface area contributed by atoms with Gasteiger partial charge in [-0.25, -0.2) is 0 Å². The molecule has 2 aromatic rings. The number of benzene rings is 2. The van der Waals surface area contributed by atoms with Crippen molar-refractivity contribution in [1.29, 1.82) is 0 Å². The molecule has 2 aromatic carbocycles. The Bertz CT molecular complexity index is 1170. The molecule has 0 atom stereocenters. The first-order chi connectivity index (χ1) is 16.6. The Morgan fingerprint density at radius 2 is 1.91 bits per heavy atom. The fraction of sp³-hybridized carbons (Fsp3) is 0.375. The fourth-order valence-electron chi connectivity index (χ4n) is 3.66. The minimum absolute atomic E-state index is 0.193. The van der Waals surface area contributed by atoms with Crippen LogP contribution in [0.25, 0.3) is 6.08 Å². The van der Waals surface area contributed by atoms with Crippen LogP contribution in [0.1, 0.15) is 29.5 Å². The summed E-state index contributed by atoms with van der Waals surface area (Å²) in [6.45, 7) is 2.51. The van der Waals surface area contributed by atoms with Gasteiger partial charge in [-0.05, 0) is 72.8 Å². The molecule has 0 unspecified atom stereocenters. The van der Waals surface area contributed by atoms with Gasteiger partial charge in [-0.1, -0.05) is 18.2 Å². The monoisotopic (exact) mass is 512 g/mol. The number of carbonyl (C=O) groups is 1. The van der Waals surface area contributed by atoms with Crippen molar-refractivity contribution in [2.75, 3.05) is 26.7 Å². The number of amides is 1. The number of rotatable bonds is 10. The summed E-state index contributed by atoms with van der Waals surface area (Å²) in [6.07, 6.45) is 5.45. The van der Waals surface area contributed by atoms with E-state index in [1.165, 1.54) is 18.2 Å². The van der Waals surface area contributed by atoms with Gasteiger partial charge in [0.25, 0.3) is 0 Å². The van der Waals surface area contributed by atoms with Crippen molar-refractivity contribution in [3.05, 3.63) is 65.2 Å². The van der Waals surface area contributed by atoms with Gasteiger partial charge in [0.05, 0.1) is 7.11 Å². The molecule has 1 N–H and O–H groups in total. The van der Waals surface area contributed by atoms with E-state index in [0.29, 0.717) is 25.3 Å². The smallest absolute Gasteiger partial charge is 0.497 e. The molecule has 0 fully saturated rings. The molecule has 0 aromatic heterocycles.